The molecule has 5 N–H and O–H groups in total. The van der Waals surface area contributed by atoms with Crippen LogP contribution in [0, 0.1) is 6.92 Å². The quantitative estimate of drug-likeness (QED) is 0.576. The molecule has 0 bridgehead atoms. The van der Waals surface area contributed by atoms with Crippen LogP contribution in [0.5, 0.6) is 0 Å². The number of urea groups is 1. The smallest absolute Gasteiger partial charge is 0.319 e. The molecule has 1 aliphatic carbocycles. The third kappa shape index (κ3) is 5.55. The number of primary sulfonamides is 1. The Morgan fingerprint density at radius 1 is 1.10 bits per heavy atom. The highest BCUT2D eigenvalue weighted by molar-refractivity contribution is 7.89. The number of carbonyl (C=O) groups is 2. The number of sulfonamides is 1. The topological polar surface area (TPSA) is 130 Å². The summed E-state index contributed by atoms with van der Waals surface area (Å²) in [5, 5.41) is 13.6. The molecule has 0 heterocycles. The minimum Gasteiger partial charge on any atom is -0.349 e. The van der Waals surface area contributed by atoms with E-state index in [9.17, 15) is 18.0 Å². The molecule has 9 heteroatoms. The fraction of sp³-hybridized carbons (Fsp3) is 0.300. The summed E-state index contributed by atoms with van der Waals surface area (Å²) in [6, 6.07) is 10.6. The summed E-state index contributed by atoms with van der Waals surface area (Å²) in [7, 11) is -3.76. The highest BCUT2D eigenvalue weighted by atomic mass is 32.2. The van der Waals surface area contributed by atoms with E-state index in [0.717, 1.165) is 24.0 Å². The molecule has 1 fully saturated rings. The first-order valence-electron chi connectivity index (χ1n) is 9.25. The van der Waals surface area contributed by atoms with Crippen molar-refractivity contribution in [1.82, 2.24) is 10.6 Å². The monoisotopic (exact) mass is 416 g/mol. The Hall–Kier alpha value is -2.91. The molecule has 1 aliphatic rings. The number of carbonyl (C=O) groups excluding carboxylic acids is 2. The van der Waals surface area contributed by atoms with E-state index in [1.807, 2.05) is 6.92 Å². The number of hydrogen-bond donors (Lipinski definition) is 4. The summed E-state index contributed by atoms with van der Waals surface area (Å²) in [5.74, 6) is -0.153. The number of benzene rings is 2. The van der Waals surface area contributed by atoms with Crippen LogP contribution in [-0.2, 0) is 10.0 Å². The summed E-state index contributed by atoms with van der Waals surface area (Å²) in [4.78, 5) is 24.6. The van der Waals surface area contributed by atoms with Gasteiger partial charge in [-0.1, -0.05) is 18.2 Å². The Balaban J connectivity index is 1.64. The van der Waals surface area contributed by atoms with Crippen LogP contribution in [0.25, 0.3) is 0 Å². The largest absolute Gasteiger partial charge is 0.349 e. The molecule has 1 saturated carbocycles. The maximum Gasteiger partial charge on any atom is 0.319 e. The Kier molecular flexibility index (Phi) is 5.90. The van der Waals surface area contributed by atoms with Gasteiger partial charge in [0.15, 0.2) is 0 Å². The SMILES string of the molecule is Cc1ccc(C(=O)NC2CC2)cc1NC(=O)NC(C)c1ccc(S(N)(=O)=O)cc1. The second kappa shape index (κ2) is 8.22. The summed E-state index contributed by atoms with van der Waals surface area (Å²) in [6.45, 7) is 3.62. The van der Waals surface area contributed by atoms with Crippen LogP contribution in [-0.4, -0.2) is 26.4 Å². The zero-order valence-corrected chi connectivity index (χ0v) is 17.0. The van der Waals surface area contributed by atoms with Gasteiger partial charge >= 0.3 is 6.03 Å². The highest BCUT2D eigenvalue weighted by Crippen LogP contribution is 2.22. The van der Waals surface area contributed by atoms with Gasteiger partial charge in [0, 0.05) is 17.3 Å². The van der Waals surface area contributed by atoms with Crippen molar-refractivity contribution in [2.75, 3.05) is 5.32 Å². The molecule has 0 radical (unpaired) electrons. The maximum absolute atomic E-state index is 12.4. The first-order valence-corrected chi connectivity index (χ1v) is 10.8. The molecular weight excluding hydrogens is 392 g/mol. The van der Waals surface area contributed by atoms with Crippen LogP contribution in [0.3, 0.4) is 0 Å². The minimum atomic E-state index is -3.76. The molecule has 3 rings (SSSR count). The van der Waals surface area contributed by atoms with Gasteiger partial charge in [-0.15, -0.1) is 0 Å². The van der Waals surface area contributed by atoms with Crippen molar-refractivity contribution >= 4 is 27.6 Å². The first-order chi connectivity index (χ1) is 13.6. The van der Waals surface area contributed by atoms with Gasteiger partial charge < -0.3 is 16.0 Å². The van der Waals surface area contributed by atoms with Crippen LogP contribution in [0.15, 0.2) is 47.4 Å². The zero-order chi connectivity index (χ0) is 21.2. The van der Waals surface area contributed by atoms with Gasteiger partial charge in [-0.25, -0.2) is 18.4 Å². The van der Waals surface area contributed by atoms with E-state index in [4.69, 9.17) is 5.14 Å². The van der Waals surface area contributed by atoms with E-state index in [2.05, 4.69) is 16.0 Å². The highest BCUT2D eigenvalue weighted by Gasteiger charge is 2.24. The van der Waals surface area contributed by atoms with Crippen LogP contribution < -0.4 is 21.1 Å². The number of amides is 3. The number of nitrogens with one attached hydrogen (secondary N) is 3. The van der Waals surface area contributed by atoms with Gasteiger partial charge in [0.1, 0.15) is 0 Å². The fourth-order valence-electron chi connectivity index (χ4n) is 2.78. The lowest BCUT2D eigenvalue weighted by molar-refractivity contribution is 0.0951. The molecule has 154 valence electrons. The zero-order valence-electron chi connectivity index (χ0n) is 16.2. The first kappa shape index (κ1) is 20.8. The maximum atomic E-state index is 12.4. The molecular formula is C20H24N4O4S. The molecule has 0 aliphatic heterocycles. The summed E-state index contributed by atoms with van der Waals surface area (Å²) < 4.78 is 22.7. The second-order valence-electron chi connectivity index (χ2n) is 7.21. The predicted molar refractivity (Wildman–Crippen MR) is 110 cm³/mol. The molecule has 3 amide bonds. The standard InChI is InChI=1S/C20H24N4O4S/c1-12-3-4-15(19(25)23-16-7-8-16)11-18(12)24-20(26)22-13(2)14-5-9-17(10-6-14)29(21,27)28/h3-6,9-11,13,16H,7-8H2,1-2H3,(H,23,25)(H2,21,27,28)(H2,22,24,26). The average Bonchev–Trinajstić information content (AvgIpc) is 3.46. The van der Waals surface area contributed by atoms with Crippen molar-refractivity contribution in [2.24, 2.45) is 5.14 Å². The van der Waals surface area contributed by atoms with Gasteiger partial charge in [0.05, 0.1) is 10.9 Å². The van der Waals surface area contributed by atoms with E-state index in [1.54, 1.807) is 37.3 Å². The molecule has 1 atom stereocenters. The van der Waals surface area contributed by atoms with E-state index < -0.39 is 16.1 Å². The molecule has 0 saturated heterocycles. The minimum absolute atomic E-state index is 0.00909. The molecule has 2 aromatic carbocycles. The van der Waals surface area contributed by atoms with Crippen molar-refractivity contribution in [1.29, 1.82) is 0 Å². The van der Waals surface area contributed by atoms with Crippen molar-refractivity contribution in [3.63, 3.8) is 0 Å². The van der Waals surface area contributed by atoms with E-state index in [1.165, 1.54) is 12.1 Å². The lowest BCUT2D eigenvalue weighted by Crippen LogP contribution is -2.31. The Morgan fingerprint density at radius 2 is 1.76 bits per heavy atom. The Bertz CT molecular complexity index is 1030. The van der Waals surface area contributed by atoms with Crippen molar-refractivity contribution in [3.8, 4) is 0 Å². The summed E-state index contributed by atoms with van der Waals surface area (Å²) in [6.07, 6.45) is 2.00. The van der Waals surface area contributed by atoms with Gasteiger partial charge in [-0.2, -0.15) is 0 Å². The summed E-state index contributed by atoms with van der Waals surface area (Å²) >= 11 is 0. The van der Waals surface area contributed by atoms with Crippen LogP contribution in [0.1, 0.15) is 47.3 Å². The number of nitrogens with two attached hydrogens (primary N) is 1. The lowest BCUT2D eigenvalue weighted by atomic mass is 10.1. The van der Waals surface area contributed by atoms with Gasteiger partial charge in [0.2, 0.25) is 10.0 Å². The van der Waals surface area contributed by atoms with Crippen LogP contribution in [0.4, 0.5) is 10.5 Å². The van der Waals surface area contributed by atoms with E-state index >= 15 is 0 Å². The third-order valence-corrected chi connectivity index (χ3v) is 5.65. The van der Waals surface area contributed by atoms with Crippen molar-refractivity contribution < 1.29 is 18.0 Å². The van der Waals surface area contributed by atoms with Crippen molar-refractivity contribution in [2.45, 2.75) is 43.7 Å². The van der Waals surface area contributed by atoms with Crippen LogP contribution in [0.2, 0.25) is 0 Å². The molecule has 1 unspecified atom stereocenters. The molecule has 29 heavy (non-hydrogen) atoms. The molecule has 2 aromatic rings. The molecule has 0 spiro atoms. The fourth-order valence-corrected chi connectivity index (χ4v) is 3.29. The summed E-state index contributed by atoms with van der Waals surface area (Å²) in [5.41, 5.74) is 2.59. The van der Waals surface area contributed by atoms with Crippen LogP contribution >= 0.6 is 0 Å². The number of rotatable bonds is 6. The number of anilines is 1. The number of hydrogen-bond acceptors (Lipinski definition) is 4. The van der Waals surface area contributed by atoms with Crippen molar-refractivity contribution in [3.05, 3.63) is 59.2 Å². The Morgan fingerprint density at radius 3 is 2.34 bits per heavy atom. The average molecular weight is 417 g/mol. The second-order valence-corrected chi connectivity index (χ2v) is 8.77. The molecule has 0 aromatic heterocycles. The Labute approximate surface area is 169 Å². The predicted octanol–water partition coefficient (Wildman–Crippen LogP) is 2.42. The van der Waals surface area contributed by atoms with Gasteiger partial charge in [-0.3, -0.25) is 4.79 Å². The van der Waals surface area contributed by atoms with E-state index in [-0.39, 0.29) is 22.9 Å². The van der Waals surface area contributed by atoms with Gasteiger partial charge in [-0.05, 0) is 62.1 Å². The lowest BCUT2D eigenvalue weighted by Gasteiger charge is -2.17. The number of aryl methyl sites for hydroxylation is 1. The molecule has 8 nitrogen and oxygen atoms in total. The van der Waals surface area contributed by atoms with Gasteiger partial charge in [0.25, 0.3) is 5.91 Å². The van der Waals surface area contributed by atoms with E-state index in [0.29, 0.717) is 11.3 Å². The third-order valence-electron chi connectivity index (χ3n) is 4.72. The normalized spacial score (nSPS) is 14.7.